The van der Waals surface area contributed by atoms with Gasteiger partial charge in [-0.2, -0.15) is 0 Å². The molecule has 3 aromatic carbocycles. The zero-order valence-electron chi connectivity index (χ0n) is 16.1. The number of ketones is 1. The van der Waals surface area contributed by atoms with Crippen LogP contribution in [0.4, 0.5) is 4.79 Å². The summed E-state index contributed by atoms with van der Waals surface area (Å²) in [6.07, 6.45) is 1.21. The highest BCUT2D eigenvalue weighted by Crippen LogP contribution is 2.34. The molecule has 0 bridgehead atoms. The smallest absolute Gasteiger partial charge is 0.409 e. The first kappa shape index (κ1) is 18.2. The highest BCUT2D eigenvalue weighted by molar-refractivity contribution is 6.17. The van der Waals surface area contributed by atoms with Crippen molar-refractivity contribution < 1.29 is 14.3 Å². The summed E-state index contributed by atoms with van der Waals surface area (Å²) in [4.78, 5) is 26.9. The maximum absolute atomic E-state index is 13.1. The van der Waals surface area contributed by atoms with Gasteiger partial charge in [0.15, 0.2) is 5.78 Å². The maximum Gasteiger partial charge on any atom is 0.409 e. The number of ether oxygens (including phenoxy) is 1. The molecule has 1 amide bonds. The molecule has 4 nitrogen and oxygen atoms in total. The van der Waals surface area contributed by atoms with Crippen molar-refractivity contribution >= 4 is 22.6 Å². The summed E-state index contributed by atoms with van der Waals surface area (Å²) in [7, 11) is 1.79. The van der Waals surface area contributed by atoms with Crippen LogP contribution in [-0.2, 0) is 17.6 Å². The normalized spacial score (nSPS) is 15.3. The predicted molar refractivity (Wildman–Crippen MR) is 110 cm³/mol. The standard InChI is InChI=1S/C24H23NO3/c1-3-28-24(27)25(2)19-14-17-10-7-11-20-21(13-12-18(15-19)22(17)20)23(26)16-8-5-4-6-9-16/h4-13,19H,3,14-15H2,1-2H3. The molecular formula is C24H23NO3. The Labute approximate surface area is 164 Å². The number of carbonyl (C=O) groups is 2. The van der Waals surface area contributed by atoms with Crippen LogP contribution < -0.4 is 0 Å². The van der Waals surface area contributed by atoms with Crippen molar-refractivity contribution in [2.45, 2.75) is 25.8 Å². The second-order valence-electron chi connectivity index (χ2n) is 7.18. The van der Waals surface area contributed by atoms with Crippen molar-refractivity contribution in [3.8, 4) is 0 Å². The van der Waals surface area contributed by atoms with Gasteiger partial charge in [-0.15, -0.1) is 0 Å². The molecule has 1 aliphatic rings. The van der Waals surface area contributed by atoms with Crippen molar-refractivity contribution in [1.29, 1.82) is 0 Å². The van der Waals surface area contributed by atoms with Gasteiger partial charge in [0.25, 0.3) is 0 Å². The molecule has 1 aliphatic carbocycles. The number of hydrogen-bond acceptors (Lipinski definition) is 3. The fourth-order valence-corrected chi connectivity index (χ4v) is 4.07. The van der Waals surface area contributed by atoms with Crippen molar-refractivity contribution in [1.82, 2.24) is 4.90 Å². The van der Waals surface area contributed by atoms with Crippen LogP contribution in [0, 0.1) is 0 Å². The minimum Gasteiger partial charge on any atom is -0.450 e. The van der Waals surface area contributed by atoms with E-state index in [0.29, 0.717) is 12.2 Å². The summed E-state index contributed by atoms with van der Waals surface area (Å²) in [6.45, 7) is 2.18. The van der Waals surface area contributed by atoms with Gasteiger partial charge in [-0.1, -0.05) is 60.7 Å². The van der Waals surface area contributed by atoms with E-state index in [1.54, 1.807) is 11.9 Å². The lowest BCUT2D eigenvalue weighted by Crippen LogP contribution is -2.41. The summed E-state index contributed by atoms with van der Waals surface area (Å²) in [5.74, 6) is 0.0371. The Kier molecular flexibility index (Phi) is 4.86. The number of carbonyl (C=O) groups excluding carboxylic acids is 2. The first-order valence-corrected chi connectivity index (χ1v) is 9.63. The molecule has 0 saturated carbocycles. The first-order valence-electron chi connectivity index (χ1n) is 9.63. The average Bonchev–Trinajstić information content (AvgIpc) is 2.74. The lowest BCUT2D eigenvalue weighted by molar-refractivity contribution is 0.101. The first-order chi connectivity index (χ1) is 13.6. The third-order valence-corrected chi connectivity index (χ3v) is 5.51. The molecule has 0 fully saturated rings. The summed E-state index contributed by atoms with van der Waals surface area (Å²) in [6, 6.07) is 19.5. The molecule has 1 atom stereocenters. The van der Waals surface area contributed by atoms with E-state index in [2.05, 4.69) is 6.07 Å². The minimum atomic E-state index is -0.293. The van der Waals surface area contributed by atoms with Crippen molar-refractivity contribution in [3.05, 3.63) is 82.9 Å². The van der Waals surface area contributed by atoms with Gasteiger partial charge in [0, 0.05) is 24.2 Å². The quantitative estimate of drug-likeness (QED) is 0.627. The number of rotatable bonds is 4. The van der Waals surface area contributed by atoms with Crippen LogP contribution in [0.5, 0.6) is 0 Å². The van der Waals surface area contributed by atoms with Crippen LogP contribution in [0.25, 0.3) is 10.8 Å². The van der Waals surface area contributed by atoms with Crippen molar-refractivity contribution in [2.75, 3.05) is 13.7 Å². The molecule has 4 rings (SSSR count). The molecule has 0 aliphatic heterocycles. The van der Waals surface area contributed by atoms with Crippen LogP contribution >= 0.6 is 0 Å². The van der Waals surface area contributed by atoms with Crippen LogP contribution in [0.3, 0.4) is 0 Å². The second kappa shape index (κ2) is 7.47. The average molecular weight is 373 g/mol. The van der Waals surface area contributed by atoms with E-state index in [9.17, 15) is 9.59 Å². The van der Waals surface area contributed by atoms with E-state index in [-0.39, 0.29) is 17.9 Å². The lowest BCUT2D eigenvalue weighted by atomic mass is 9.83. The molecule has 0 saturated heterocycles. The summed E-state index contributed by atoms with van der Waals surface area (Å²) >= 11 is 0. The van der Waals surface area contributed by atoms with E-state index in [1.165, 1.54) is 11.1 Å². The molecule has 0 heterocycles. The molecule has 142 valence electrons. The summed E-state index contributed by atoms with van der Waals surface area (Å²) in [5, 5.41) is 2.14. The molecule has 0 aromatic heterocycles. The third kappa shape index (κ3) is 3.15. The molecule has 0 spiro atoms. The van der Waals surface area contributed by atoms with Gasteiger partial charge >= 0.3 is 6.09 Å². The Morgan fingerprint density at radius 2 is 1.68 bits per heavy atom. The van der Waals surface area contributed by atoms with Gasteiger partial charge in [0.05, 0.1) is 6.61 Å². The topological polar surface area (TPSA) is 46.6 Å². The van der Waals surface area contributed by atoms with Gasteiger partial charge in [-0.25, -0.2) is 4.79 Å². The van der Waals surface area contributed by atoms with Crippen LogP contribution in [0.1, 0.15) is 34.0 Å². The predicted octanol–water partition coefficient (Wildman–Crippen LogP) is 4.63. The third-order valence-electron chi connectivity index (χ3n) is 5.51. The van der Waals surface area contributed by atoms with Gasteiger partial charge in [0.1, 0.15) is 0 Å². The minimum absolute atomic E-state index is 0.0371. The Hall–Kier alpha value is -3.14. The Bertz CT molecular complexity index is 1030. The highest BCUT2D eigenvalue weighted by atomic mass is 16.6. The molecular weight excluding hydrogens is 350 g/mol. The van der Waals surface area contributed by atoms with Gasteiger partial charge in [-0.3, -0.25) is 4.79 Å². The van der Waals surface area contributed by atoms with Crippen LogP contribution in [-0.4, -0.2) is 36.5 Å². The van der Waals surface area contributed by atoms with E-state index in [0.717, 1.165) is 29.2 Å². The van der Waals surface area contributed by atoms with E-state index < -0.39 is 0 Å². The number of hydrogen-bond donors (Lipinski definition) is 0. The fraction of sp³-hybridized carbons (Fsp3) is 0.250. The second-order valence-corrected chi connectivity index (χ2v) is 7.18. The Balaban J connectivity index is 1.73. The Morgan fingerprint density at radius 3 is 2.39 bits per heavy atom. The number of likely N-dealkylation sites (N-methyl/N-ethyl adjacent to an activating group) is 1. The molecule has 4 heteroatoms. The number of nitrogens with zero attached hydrogens (tertiary/aromatic N) is 1. The van der Waals surface area contributed by atoms with Gasteiger partial charge in [0.2, 0.25) is 0 Å². The van der Waals surface area contributed by atoms with Crippen LogP contribution in [0.2, 0.25) is 0 Å². The Morgan fingerprint density at radius 1 is 0.964 bits per heavy atom. The van der Waals surface area contributed by atoms with E-state index in [4.69, 9.17) is 4.74 Å². The molecule has 28 heavy (non-hydrogen) atoms. The largest absolute Gasteiger partial charge is 0.450 e. The van der Waals surface area contributed by atoms with Crippen molar-refractivity contribution in [3.63, 3.8) is 0 Å². The van der Waals surface area contributed by atoms with E-state index in [1.807, 2.05) is 61.5 Å². The summed E-state index contributed by atoms with van der Waals surface area (Å²) < 4.78 is 5.16. The SMILES string of the molecule is CCOC(=O)N(C)C1Cc2cccc3c(C(=O)c4ccccc4)ccc(c23)C1. The monoisotopic (exact) mass is 373 g/mol. The molecule has 0 radical (unpaired) electrons. The lowest BCUT2D eigenvalue weighted by Gasteiger charge is -2.32. The zero-order valence-corrected chi connectivity index (χ0v) is 16.1. The van der Waals surface area contributed by atoms with Crippen molar-refractivity contribution in [2.24, 2.45) is 0 Å². The van der Waals surface area contributed by atoms with E-state index >= 15 is 0 Å². The zero-order chi connectivity index (χ0) is 19.7. The van der Waals surface area contributed by atoms with Gasteiger partial charge < -0.3 is 9.64 Å². The highest BCUT2D eigenvalue weighted by Gasteiger charge is 2.28. The van der Waals surface area contributed by atoms with Gasteiger partial charge in [-0.05, 0) is 41.7 Å². The van der Waals surface area contributed by atoms with Crippen LogP contribution in [0.15, 0.2) is 60.7 Å². The maximum atomic E-state index is 13.1. The number of benzene rings is 3. The molecule has 1 unspecified atom stereocenters. The fourth-order valence-electron chi connectivity index (χ4n) is 4.07. The molecule has 0 N–H and O–H groups in total. The number of amides is 1. The summed E-state index contributed by atoms with van der Waals surface area (Å²) in [5.41, 5.74) is 3.76. The molecule has 3 aromatic rings.